The minimum absolute atomic E-state index is 0. The summed E-state index contributed by atoms with van der Waals surface area (Å²) in [5.74, 6) is 0.616. The number of rotatable bonds is 3. The molecule has 0 aliphatic carbocycles. The fraction of sp³-hybridized carbons (Fsp3) is 0.357. The van der Waals surface area contributed by atoms with Gasteiger partial charge in [-0.1, -0.05) is 62.0 Å². The van der Waals surface area contributed by atoms with E-state index >= 15 is 0 Å². The van der Waals surface area contributed by atoms with E-state index in [-0.39, 0.29) is 32.7 Å². The Hall–Kier alpha value is -0.466. The van der Waals surface area contributed by atoms with Crippen molar-refractivity contribution in [1.82, 2.24) is 9.55 Å². The fourth-order valence-corrected chi connectivity index (χ4v) is 1.87. The van der Waals surface area contributed by atoms with Crippen molar-refractivity contribution in [3.05, 3.63) is 42.4 Å². The molecule has 0 N–H and O–H groups in total. The number of nitrogens with zero attached hydrogens (tertiary/aromatic N) is 2. The van der Waals surface area contributed by atoms with Gasteiger partial charge >= 0.3 is 0 Å². The van der Waals surface area contributed by atoms with Gasteiger partial charge < -0.3 is 9.55 Å². The molecule has 0 saturated carbocycles. The Labute approximate surface area is 128 Å². The molecule has 0 fully saturated rings. The second-order valence-electron chi connectivity index (χ2n) is 4.57. The molecule has 0 unspecified atom stereocenters. The summed E-state index contributed by atoms with van der Waals surface area (Å²) in [4.78, 5) is 4.13. The van der Waals surface area contributed by atoms with E-state index in [2.05, 4.69) is 60.8 Å². The Balaban J connectivity index is 0.00000144. The Morgan fingerprint density at radius 2 is 2.00 bits per heavy atom. The summed E-state index contributed by atoms with van der Waals surface area (Å²) in [6.45, 7) is 7.53. The number of hydrogen-bond acceptors (Lipinski definition) is 1. The van der Waals surface area contributed by atoms with Crippen LogP contribution >= 0.6 is 0 Å². The maximum Gasteiger partial charge on any atom is 0.0120 e. The maximum atomic E-state index is 4.13. The van der Waals surface area contributed by atoms with Gasteiger partial charge in [0.1, 0.15) is 0 Å². The fourth-order valence-electron chi connectivity index (χ4n) is 1.87. The number of hydrogen-bond donors (Lipinski definition) is 0. The normalized spacial score (nSPS) is 10.4. The van der Waals surface area contributed by atoms with E-state index in [4.69, 9.17) is 0 Å². The number of aromatic nitrogens is 2. The number of aryl methyl sites for hydroxylation is 1. The summed E-state index contributed by atoms with van der Waals surface area (Å²) in [5, 5.41) is 0. The molecule has 1 radical (unpaired) electrons. The van der Waals surface area contributed by atoms with Crippen molar-refractivity contribution in [3.63, 3.8) is 0 Å². The Kier molecular flexibility index (Phi) is 5.55. The molecule has 0 aliphatic rings. The molecule has 1 heterocycles. The summed E-state index contributed by atoms with van der Waals surface area (Å²) >= 11 is 0. The van der Waals surface area contributed by atoms with Crippen molar-refractivity contribution in [2.45, 2.75) is 27.3 Å². The van der Waals surface area contributed by atoms with Crippen LogP contribution in [-0.4, -0.2) is 9.55 Å². The van der Waals surface area contributed by atoms with Crippen LogP contribution in [0.1, 0.15) is 19.4 Å². The van der Waals surface area contributed by atoms with Crippen LogP contribution < -0.4 is 0 Å². The number of imidazole rings is 1. The second-order valence-corrected chi connectivity index (χ2v) is 4.57. The maximum absolute atomic E-state index is 4.13. The molecular formula is C14H17N2Y-. The Bertz CT molecular complexity index is 475. The van der Waals surface area contributed by atoms with Crippen molar-refractivity contribution in [2.24, 2.45) is 5.92 Å². The predicted octanol–water partition coefficient (Wildman–Crippen LogP) is 3.31. The molecule has 0 amide bonds. The zero-order valence-electron chi connectivity index (χ0n) is 10.6. The minimum atomic E-state index is 0. The van der Waals surface area contributed by atoms with E-state index in [0.29, 0.717) is 5.92 Å². The van der Waals surface area contributed by atoms with Gasteiger partial charge in [0.05, 0.1) is 0 Å². The monoisotopic (exact) mass is 302 g/mol. The molecule has 0 aliphatic heterocycles. The third-order valence-electron chi connectivity index (χ3n) is 2.62. The molecular weight excluding hydrogens is 285 g/mol. The van der Waals surface area contributed by atoms with Crippen molar-refractivity contribution < 1.29 is 32.7 Å². The standard InChI is InChI=1S/C14H17N2.Y/c1-11(2)9-16-10-15-8-14(16)13-7-5-4-6-12(13)3;/h4-7,10-11H,9H2,1-3H3;/q-1;. The van der Waals surface area contributed by atoms with E-state index in [1.807, 2.05) is 6.33 Å². The molecule has 1 aromatic heterocycles. The topological polar surface area (TPSA) is 17.8 Å². The summed E-state index contributed by atoms with van der Waals surface area (Å²) in [7, 11) is 0. The average Bonchev–Trinajstić information content (AvgIpc) is 2.66. The third-order valence-corrected chi connectivity index (χ3v) is 2.62. The average molecular weight is 302 g/mol. The van der Waals surface area contributed by atoms with Gasteiger partial charge in [-0.25, -0.2) is 0 Å². The van der Waals surface area contributed by atoms with Gasteiger partial charge in [-0.05, 0) is 12.2 Å². The smallest absolute Gasteiger partial charge is 0.0120 e. The molecule has 0 spiro atoms. The third kappa shape index (κ3) is 3.49. The first-order valence-electron chi connectivity index (χ1n) is 5.67. The Morgan fingerprint density at radius 3 is 2.65 bits per heavy atom. The van der Waals surface area contributed by atoms with Crippen LogP contribution in [-0.2, 0) is 39.3 Å². The first-order chi connectivity index (χ1) is 7.68. The quantitative estimate of drug-likeness (QED) is 0.795. The van der Waals surface area contributed by atoms with Crippen LogP contribution in [0.4, 0.5) is 0 Å². The molecule has 0 saturated heterocycles. The zero-order valence-corrected chi connectivity index (χ0v) is 13.5. The van der Waals surface area contributed by atoms with E-state index in [1.54, 1.807) is 0 Å². The van der Waals surface area contributed by atoms with Crippen LogP contribution in [0.2, 0.25) is 0 Å². The first kappa shape index (κ1) is 14.6. The van der Waals surface area contributed by atoms with E-state index in [9.17, 15) is 0 Å². The van der Waals surface area contributed by atoms with Crippen molar-refractivity contribution in [1.29, 1.82) is 0 Å². The summed E-state index contributed by atoms with van der Waals surface area (Å²) in [5.41, 5.74) is 3.58. The predicted molar refractivity (Wildman–Crippen MR) is 66.1 cm³/mol. The van der Waals surface area contributed by atoms with Crippen molar-refractivity contribution >= 4 is 0 Å². The summed E-state index contributed by atoms with van der Waals surface area (Å²) < 4.78 is 2.17. The number of benzene rings is 1. The van der Waals surface area contributed by atoms with E-state index in [1.165, 1.54) is 11.1 Å². The van der Waals surface area contributed by atoms with Gasteiger partial charge in [-0.15, -0.1) is 6.07 Å². The van der Waals surface area contributed by atoms with E-state index in [0.717, 1.165) is 12.2 Å². The largest absolute Gasteiger partial charge is 0.404 e. The molecule has 1 aromatic carbocycles. The molecule has 2 aromatic rings. The van der Waals surface area contributed by atoms with Gasteiger partial charge in [0.25, 0.3) is 0 Å². The molecule has 2 rings (SSSR count). The van der Waals surface area contributed by atoms with Crippen LogP contribution in [0.15, 0.2) is 30.6 Å². The van der Waals surface area contributed by atoms with Gasteiger partial charge in [0.15, 0.2) is 0 Å². The molecule has 2 nitrogen and oxygen atoms in total. The van der Waals surface area contributed by atoms with Crippen LogP contribution in [0.25, 0.3) is 11.3 Å². The molecule has 17 heavy (non-hydrogen) atoms. The molecule has 0 atom stereocenters. The van der Waals surface area contributed by atoms with Gasteiger partial charge in [0, 0.05) is 39.3 Å². The first-order valence-corrected chi connectivity index (χ1v) is 5.67. The minimum Gasteiger partial charge on any atom is -0.404 e. The van der Waals surface area contributed by atoms with Crippen molar-refractivity contribution in [3.8, 4) is 11.3 Å². The molecule has 3 heteroatoms. The van der Waals surface area contributed by atoms with Gasteiger partial charge in [0.2, 0.25) is 0 Å². The van der Waals surface area contributed by atoms with Crippen LogP contribution in [0.5, 0.6) is 0 Å². The second kappa shape index (κ2) is 6.46. The SMILES string of the molecule is Cc1ccccc1-c1[c-]ncn1CC(C)C.[Y]. The van der Waals surface area contributed by atoms with Gasteiger partial charge in [-0.3, -0.25) is 0 Å². The van der Waals surface area contributed by atoms with Crippen LogP contribution in [0, 0.1) is 19.0 Å². The molecule has 87 valence electrons. The van der Waals surface area contributed by atoms with Crippen molar-refractivity contribution in [2.75, 3.05) is 0 Å². The summed E-state index contributed by atoms with van der Waals surface area (Å²) in [6, 6.07) is 8.36. The van der Waals surface area contributed by atoms with Gasteiger partial charge in [-0.2, -0.15) is 0 Å². The zero-order chi connectivity index (χ0) is 11.5. The van der Waals surface area contributed by atoms with Crippen LogP contribution in [0.3, 0.4) is 0 Å². The summed E-state index contributed by atoms with van der Waals surface area (Å²) in [6.07, 6.45) is 4.94. The molecule has 0 bridgehead atoms. The Morgan fingerprint density at radius 1 is 1.29 bits per heavy atom. The van der Waals surface area contributed by atoms with E-state index < -0.39 is 0 Å².